The van der Waals surface area contributed by atoms with Crippen molar-refractivity contribution in [3.05, 3.63) is 35.4 Å². The van der Waals surface area contributed by atoms with Gasteiger partial charge in [0.25, 0.3) is 0 Å². The van der Waals surface area contributed by atoms with Crippen molar-refractivity contribution >= 4 is 5.91 Å². The molecule has 1 aliphatic heterocycles. The van der Waals surface area contributed by atoms with Gasteiger partial charge in [-0.2, -0.15) is 0 Å². The Morgan fingerprint density at radius 1 is 1.50 bits per heavy atom. The van der Waals surface area contributed by atoms with Crippen LogP contribution in [0.15, 0.2) is 24.3 Å². The zero-order valence-corrected chi connectivity index (χ0v) is 10.1. The molecule has 0 aromatic heterocycles. The van der Waals surface area contributed by atoms with Crippen LogP contribution in [-0.4, -0.2) is 23.4 Å². The van der Waals surface area contributed by atoms with Gasteiger partial charge in [-0.15, -0.1) is 0 Å². The lowest BCUT2D eigenvalue weighted by Gasteiger charge is -2.21. The van der Waals surface area contributed by atoms with Crippen molar-refractivity contribution in [3.63, 3.8) is 0 Å². The summed E-state index contributed by atoms with van der Waals surface area (Å²) >= 11 is 0. The van der Waals surface area contributed by atoms with Crippen molar-refractivity contribution in [2.75, 3.05) is 6.54 Å². The maximum absolute atomic E-state index is 12.1. The molecule has 86 valence electrons. The summed E-state index contributed by atoms with van der Waals surface area (Å²) in [6.45, 7) is 5.14. The normalized spacial score (nSPS) is 20.1. The summed E-state index contributed by atoms with van der Waals surface area (Å²) in [4.78, 5) is 14.1. The third-order valence-electron chi connectivity index (χ3n) is 3.31. The van der Waals surface area contributed by atoms with Gasteiger partial charge in [0, 0.05) is 12.6 Å². The van der Waals surface area contributed by atoms with Gasteiger partial charge in [-0.1, -0.05) is 29.8 Å². The number of likely N-dealkylation sites (tertiary alicyclic amines) is 1. The number of aryl methyl sites for hydroxylation is 1. The lowest BCUT2D eigenvalue weighted by molar-refractivity contribution is -0.130. The van der Waals surface area contributed by atoms with E-state index in [1.54, 1.807) is 0 Å². The molecule has 1 heterocycles. The Balaban J connectivity index is 2.02. The number of hydrogen-bond donors (Lipinski definition) is 0. The second kappa shape index (κ2) is 4.69. The fraction of sp³-hybridized carbons (Fsp3) is 0.500. The molecule has 1 unspecified atom stereocenters. The summed E-state index contributed by atoms with van der Waals surface area (Å²) < 4.78 is 0. The van der Waals surface area contributed by atoms with Gasteiger partial charge >= 0.3 is 0 Å². The molecule has 2 rings (SSSR count). The average Bonchev–Trinajstić information content (AvgIpc) is 2.64. The van der Waals surface area contributed by atoms with Gasteiger partial charge in [-0.3, -0.25) is 4.79 Å². The van der Waals surface area contributed by atoms with Crippen LogP contribution in [0.1, 0.15) is 30.9 Å². The average molecular weight is 217 g/mol. The lowest BCUT2D eigenvalue weighted by atomic mass is 10.1. The van der Waals surface area contributed by atoms with Gasteiger partial charge in [0.1, 0.15) is 0 Å². The maximum Gasteiger partial charge on any atom is 0.227 e. The van der Waals surface area contributed by atoms with Gasteiger partial charge in [-0.05, 0) is 32.3 Å². The summed E-state index contributed by atoms with van der Waals surface area (Å²) in [5.41, 5.74) is 2.35. The van der Waals surface area contributed by atoms with Crippen LogP contribution < -0.4 is 0 Å². The van der Waals surface area contributed by atoms with Crippen LogP contribution in [0, 0.1) is 6.92 Å². The van der Waals surface area contributed by atoms with Crippen LogP contribution >= 0.6 is 0 Å². The number of nitrogens with zero attached hydrogens (tertiary/aromatic N) is 1. The fourth-order valence-electron chi connectivity index (χ4n) is 2.40. The first-order chi connectivity index (χ1) is 7.66. The van der Waals surface area contributed by atoms with E-state index < -0.39 is 0 Å². The molecule has 0 N–H and O–H groups in total. The Morgan fingerprint density at radius 2 is 2.31 bits per heavy atom. The molecular formula is C14H19NO. The Labute approximate surface area is 97.3 Å². The van der Waals surface area contributed by atoms with Crippen molar-refractivity contribution in [2.24, 2.45) is 0 Å². The zero-order chi connectivity index (χ0) is 11.5. The first kappa shape index (κ1) is 11.2. The molecule has 1 fully saturated rings. The largest absolute Gasteiger partial charge is 0.340 e. The number of carbonyl (C=O) groups excluding carboxylic acids is 1. The summed E-state index contributed by atoms with van der Waals surface area (Å²) in [6, 6.07) is 8.64. The Morgan fingerprint density at radius 3 is 2.94 bits per heavy atom. The maximum atomic E-state index is 12.1. The topological polar surface area (TPSA) is 20.3 Å². The van der Waals surface area contributed by atoms with E-state index in [0.717, 1.165) is 24.9 Å². The van der Waals surface area contributed by atoms with Gasteiger partial charge in [0.15, 0.2) is 0 Å². The van der Waals surface area contributed by atoms with E-state index in [9.17, 15) is 4.79 Å². The van der Waals surface area contributed by atoms with Gasteiger partial charge < -0.3 is 4.90 Å². The van der Waals surface area contributed by atoms with Crippen LogP contribution in [0.4, 0.5) is 0 Å². The zero-order valence-electron chi connectivity index (χ0n) is 10.1. The highest BCUT2D eigenvalue weighted by molar-refractivity contribution is 5.79. The number of hydrogen-bond acceptors (Lipinski definition) is 1. The predicted octanol–water partition coefficient (Wildman–Crippen LogP) is 2.55. The highest BCUT2D eigenvalue weighted by Gasteiger charge is 2.24. The van der Waals surface area contributed by atoms with Crippen LogP contribution in [0.2, 0.25) is 0 Å². The van der Waals surface area contributed by atoms with Crippen molar-refractivity contribution in [1.29, 1.82) is 0 Å². The van der Waals surface area contributed by atoms with E-state index >= 15 is 0 Å². The third-order valence-corrected chi connectivity index (χ3v) is 3.31. The number of rotatable bonds is 2. The Hall–Kier alpha value is -1.31. The predicted molar refractivity (Wildman–Crippen MR) is 65.3 cm³/mol. The number of carbonyl (C=O) groups is 1. The molecule has 2 heteroatoms. The van der Waals surface area contributed by atoms with E-state index in [1.807, 2.05) is 17.0 Å². The molecule has 0 spiro atoms. The lowest BCUT2D eigenvalue weighted by Crippen LogP contribution is -2.34. The van der Waals surface area contributed by atoms with E-state index in [-0.39, 0.29) is 5.91 Å². The second-order valence-corrected chi connectivity index (χ2v) is 4.74. The van der Waals surface area contributed by atoms with E-state index in [1.165, 1.54) is 5.56 Å². The standard InChI is InChI=1S/C14H19NO/c1-11-5-3-7-13(9-11)10-14(16)15-8-4-6-12(15)2/h3,5,7,9,12H,4,6,8,10H2,1-2H3. The van der Waals surface area contributed by atoms with Crippen molar-refractivity contribution < 1.29 is 4.79 Å². The summed E-state index contributed by atoms with van der Waals surface area (Å²) in [5, 5.41) is 0. The van der Waals surface area contributed by atoms with E-state index in [2.05, 4.69) is 26.0 Å². The Kier molecular flexibility index (Phi) is 3.28. The minimum Gasteiger partial charge on any atom is -0.340 e. The molecule has 0 radical (unpaired) electrons. The van der Waals surface area contributed by atoms with Crippen molar-refractivity contribution in [1.82, 2.24) is 4.90 Å². The fourth-order valence-corrected chi connectivity index (χ4v) is 2.40. The highest BCUT2D eigenvalue weighted by Crippen LogP contribution is 2.18. The SMILES string of the molecule is Cc1cccc(CC(=O)N2CCCC2C)c1. The first-order valence-electron chi connectivity index (χ1n) is 6.02. The monoisotopic (exact) mass is 217 g/mol. The van der Waals surface area contributed by atoms with Crippen molar-refractivity contribution in [2.45, 2.75) is 39.2 Å². The third kappa shape index (κ3) is 2.43. The van der Waals surface area contributed by atoms with Crippen LogP contribution in [-0.2, 0) is 11.2 Å². The summed E-state index contributed by atoms with van der Waals surface area (Å²) in [5.74, 6) is 0.274. The van der Waals surface area contributed by atoms with Crippen LogP contribution in [0.25, 0.3) is 0 Å². The van der Waals surface area contributed by atoms with E-state index in [0.29, 0.717) is 12.5 Å². The number of amides is 1. The minimum atomic E-state index is 0.274. The van der Waals surface area contributed by atoms with E-state index in [4.69, 9.17) is 0 Å². The molecule has 2 nitrogen and oxygen atoms in total. The van der Waals surface area contributed by atoms with Gasteiger partial charge in [0.2, 0.25) is 5.91 Å². The molecular weight excluding hydrogens is 198 g/mol. The van der Waals surface area contributed by atoms with Crippen LogP contribution in [0.5, 0.6) is 0 Å². The molecule has 0 bridgehead atoms. The molecule has 1 aliphatic rings. The Bertz CT molecular complexity index is 386. The molecule has 0 aliphatic carbocycles. The smallest absolute Gasteiger partial charge is 0.227 e. The van der Waals surface area contributed by atoms with Gasteiger partial charge in [0.05, 0.1) is 6.42 Å². The molecule has 1 aromatic rings. The summed E-state index contributed by atoms with van der Waals surface area (Å²) in [6.07, 6.45) is 2.85. The van der Waals surface area contributed by atoms with Gasteiger partial charge in [-0.25, -0.2) is 0 Å². The molecule has 1 saturated heterocycles. The van der Waals surface area contributed by atoms with Crippen LogP contribution in [0.3, 0.4) is 0 Å². The highest BCUT2D eigenvalue weighted by atomic mass is 16.2. The molecule has 1 aromatic carbocycles. The molecule has 1 amide bonds. The minimum absolute atomic E-state index is 0.274. The summed E-state index contributed by atoms with van der Waals surface area (Å²) in [7, 11) is 0. The quantitative estimate of drug-likeness (QED) is 0.745. The first-order valence-corrected chi connectivity index (χ1v) is 6.02. The number of benzene rings is 1. The molecule has 1 atom stereocenters. The second-order valence-electron chi connectivity index (χ2n) is 4.74. The van der Waals surface area contributed by atoms with Crippen molar-refractivity contribution in [3.8, 4) is 0 Å². The molecule has 16 heavy (non-hydrogen) atoms. The molecule has 0 saturated carbocycles.